The Kier molecular flexibility index (Phi) is 8.58. The fourth-order valence-corrected chi connectivity index (χ4v) is 4.73. The lowest BCUT2D eigenvalue weighted by Gasteiger charge is -2.37. The summed E-state index contributed by atoms with van der Waals surface area (Å²) in [6.07, 6.45) is -0.430. The highest BCUT2D eigenvalue weighted by Gasteiger charge is 2.34. The number of hydrogen-bond acceptors (Lipinski definition) is 7. The van der Waals surface area contributed by atoms with Gasteiger partial charge in [0.05, 0.1) is 47.3 Å². The van der Waals surface area contributed by atoms with Crippen LogP contribution in [0, 0.1) is 22.7 Å². The SMILES string of the molecule is C=C=C(COC1CCC(Oc2ccc(C#N)c(C(F)(F)F)c2)CC1)N1CCN(c2ccc(C#N)cn2)CC1. The van der Waals surface area contributed by atoms with Gasteiger partial charge in [0, 0.05) is 32.4 Å². The molecule has 2 aliphatic rings. The average molecular weight is 524 g/mol. The maximum Gasteiger partial charge on any atom is 0.417 e. The van der Waals surface area contributed by atoms with Crippen molar-refractivity contribution < 1.29 is 22.6 Å². The van der Waals surface area contributed by atoms with Gasteiger partial charge in [-0.2, -0.15) is 23.7 Å². The summed E-state index contributed by atoms with van der Waals surface area (Å²) in [6.45, 7) is 7.31. The Morgan fingerprint density at radius 2 is 1.71 bits per heavy atom. The van der Waals surface area contributed by atoms with E-state index >= 15 is 0 Å². The van der Waals surface area contributed by atoms with Crippen LogP contribution < -0.4 is 9.64 Å². The van der Waals surface area contributed by atoms with Crippen LogP contribution in [-0.2, 0) is 10.9 Å². The second-order valence-corrected chi connectivity index (χ2v) is 9.26. The highest BCUT2D eigenvalue weighted by atomic mass is 19.4. The van der Waals surface area contributed by atoms with E-state index in [1.807, 2.05) is 6.07 Å². The van der Waals surface area contributed by atoms with Crippen LogP contribution in [0.2, 0.25) is 0 Å². The van der Waals surface area contributed by atoms with E-state index in [0.29, 0.717) is 25.0 Å². The first-order valence-electron chi connectivity index (χ1n) is 12.4. The Morgan fingerprint density at radius 3 is 2.29 bits per heavy atom. The van der Waals surface area contributed by atoms with Crippen LogP contribution in [0.5, 0.6) is 5.75 Å². The third-order valence-electron chi connectivity index (χ3n) is 6.86. The molecule has 1 aliphatic carbocycles. The highest BCUT2D eigenvalue weighted by molar-refractivity contribution is 5.44. The normalized spacial score (nSPS) is 19.7. The first-order valence-corrected chi connectivity index (χ1v) is 12.4. The van der Waals surface area contributed by atoms with E-state index in [9.17, 15) is 13.2 Å². The summed E-state index contributed by atoms with van der Waals surface area (Å²) in [6, 6.07) is 10.7. The van der Waals surface area contributed by atoms with E-state index in [-0.39, 0.29) is 18.0 Å². The molecule has 2 heterocycles. The number of rotatable bonds is 7. The van der Waals surface area contributed by atoms with Crippen molar-refractivity contribution in [1.82, 2.24) is 9.88 Å². The molecule has 4 rings (SSSR count). The first kappa shape index (κ1) is 27.1. The monoisotopic (exact) mass is 523 g/mol. The summed E-state index contributed by atoms with van der Waals surface area (Å²) in [5.41, 5.74) is 3.04. The first-order chi connectivity index (χ1) is 18.3. The maximum atomic E-state index is 13.2. The molecule has 38 heavy (non-hydrogen) atoms. The number of pyridine rings is 1. The Balaban J connectivity index is 1.22. The molecular formula is C28H28F3N5O2. The van der Waals surface area contributed by atoms with Crippen LogP contribution >= 0.6 is 0 Å². The van der Waals surface area contributed by atoms with Gasteiger partial charge in [0.25, 0.3) is 0 Å². The van der Waals surface area contributed by atoms with Crippen molar-refractivity contribution in [3.63, 3.8) is 0 Å². The average Bonchev–Trinajstić information content (AvgIpc) is 2.94. The van der Waals surface area contributed by atoms with Crippen molar-refractivity contribution in [2.45, 2.75) is 44.1 Å². The van der Waals surface area contributed by atoms with Gasteiger partial charge in [-0.25, -0.2) is 4.98 Å². The van der Waals surface area contributed by atoms with E-state index in [0.717, 1.165) is 62.7 Å². The van der Waals surface area contributed by atoms with Crippen molar-refractivity contribution in [1.29, 1.82) is 10.5 Å². The molecule has 1 saturated carbocycles. The fraction of sp³-hybridized carbons (Fsp3) is 0.429. The Labute approximate surface area is 220 Å². The van der Waals surface area contributed by atoms with Crippen LogP contribution in [0.1, 0.15) is 42.4 Å². The molecule has 0 radical (unpaired) electrons. The molecule has 0 N–H and O–H groups in total. The second-order valence-electron chi connectivity index (χ2n) is 9.26. The summed E-state index contributed by atoms with van der Waals surface area (Å²) < 4.78 is 51.6. The van der Waals surface area contributed by atoms with Crippen LogP contribution in [-0.4, -0.2) is 54.9 Å². The largest absolute Gasteiger partial charge is 0.490 e. The zero-order valence-electron chi connectivity index (χ0n) is 20.9. The summed E-state index contributed by atoms with van der Waals surface area (Å²) >= 11 is 0. The van der Waals surface area contributed by atoms with E-state index < -0.39 is 17.3 Å². The molecule has 1 aromatic carbocycles. The molecule has 2 fully saturated rings. The quantitative estimate of drug-likeness (QED) is 0.470. The van der Waals surface area contributed by atoms with Crippen molar-refractivity contribution in [2.75, 3.05) is 37.7 Å². The number of nitrogens with zero attached hydrogens (tertiary/aromatic N) is 5. The van der Waals surface area contributed by atoms with Gasteiger partial charge >= 0.3 is 6.18 Å². The van der Waals surface area contributed by atoms with Gasteiger partial charge in [-0.1, -0.05) is 6.58 Å². The van der Waals surface area contributed by atoms with Gasteiger partial charge in [0.1, 0.15) is 17.6 Å². The molecule has 0 bridgehead atoms. The molecule has 1 aliphatic heterocycles. The van der Waals surface area contributed by atoms with Crippen LogP contribution in [0.4, 0.5) is 19.0 Å². The Morgan fingerprint density at radius 1 is 1.00 bits per heavy atom. The van der Waals surface area contributed by atoms with E-state index in [2.05, 4.69) is 33.2 Å². The number of halogens is 3. The van der Waals surface area contributed by atoms with E-state index in [1.54, 1.807) is 18.3 Å². The topological polar surface area (TPSA) is 85.4 Å². The zero-order valence-corrected chi connectivity index (χ0v) is 20.9. The molecule has 10 heteroatoms. The van der Waals surface area contributed by atoms with E-state index in [4.69, 9.17) is 20.0 Å². The minimum atomic E-state index is -4.61. The molecule has 0 unspecified atom stereocenters. The number of anilines is 1. The number of alkyl halides is 3. The molecule has 0 spiro atoms. The van der Waals surface area contributed by atoms with E-state index in [1.165, 1.54) is 6.07 Å². The van der Waals surface area contributed by atoms with Crippen molar-refractivity contribution in [3.8, 4) is 17.9 Å². The van der Waals surface area contributed by atoms with Gasteiger partial charge in [0.2, 0.25) is 0 Å². The van der Waals surface area contributed by atoms with Gasteiger partial charge in [-0.15, -0.1) is 5.73 Å². The van der Waals surface area contributed by atoms with Crippen LogP contribution in [0.25, 0.3) is 0 Å². The Hall–Kier alpha value is -3.98. The fourth-order valence-electron chi connectivity index (χ4n) is 4.73. The summed E-state index contributed by atoms with van der Waals surface area (Å²) in [5.74, 6) is 0.964. The minimum absolute atomic E-state index is 0.0223. The second kappa shape index (κ2) is 12.0. The van der Waals surface area contributed by atoms with Gasteiger partial charge < -0.3 is 19.3 Å². The number of piperazine rings is 1. The summed E-state index contributed by atoms with van der Waals surface area (Å²) in [7, 11) is 0. The third-order valence-corrected chi connectivity index (χ3v) is 6.86. The predicted octanol–water partition coefficient (Wildman–Crippen LogP) is 5.04. The van der Waals surface area contributed by atoms with Crippen LogP contribution in [0.3, 0.4) is 0 Å². The molecule has 198 valence electrons. The molecule has 2 aromatic rings. The molecule has 1 saturated heterocycles. The zero-order chi connectivity index (χ0) is 27.1. The van der Waals surface area contributed by atoms with Crippen molar-refractivity contribution >= 4 is 5.82 Å². The summed E-state index contributed by atoms with van der Waals surface area (Å²) in [5, 5.41) is 17.9. The number of aromatic nitrogens is 1. The molecule has 0 amide bonds. The molecule has 1 aromatic heterocycles. The molecule has 0 atom stereocenters. The van der Waals surface area contributed by atoms with Crippen molar-refractivity contribution in [2.24, 2.45) is 0 Å². The van der Waals surface area contributed by atoms with Gasteiger partial charge in [-0.3, -0.25) is 0 Å². The smallest absolute Gasteiger partial charge is 0.417 e. The lowest BCUT2D eigenvalue weighted by molar-refractivity contribution is -0.137. The Bertz CT molecular complexity index is 1240. The minimum Gasteiger partial charge on any atom is -0.490 e. The number of ether oxygens (including phenoxy) is 2. The predicted molar refractivity (Wildman–Crippen MR) is 134 cm³/mol. The third kappa shape index (κ3) is 6.66. The molecule has 7 nitrogen and oxygen atoms in total. The number of hydrogen-bond donors (Lipinski definition) is 0. The highest BCUT2D eigenvalue weighted by Crippen LogP contribution is 2.35. The summed E-state index contributed by atoms with van der Waals surface area (Å²) in [4.78, 5) is 8.74. The van der Waals surface area contributed by atoms with Gasteiger partial charge in [0.15, 0.2) is 0 Å². The lowest BCUT2D eigenvalue weighted by atomic mass is 9.95. The van der Waals surface area contributed by atoms with Crippen molar-refractivity contribution in [3.05, 3.63) is 71.2 Å². The maximum absolute atomic E-state index is 13.2. The number of benzene rings is 1. The lowest BCUT2D eigenvalue weighted by Crippen LogP contribution is -2.46. The van der Waals surface area contributed by atoms with Crippen LogP contribution in [0.15, 0.2) is 54.5 Å². The van der Waals surface area contributed by atoms with Gasteiger partial charge in [-0.05, 0) is 56.0 Å². The standard InChI is InChI=1S/C28H28F3N5O2/c1-2-22(35-11-13-36(14-12-35)27-10-3-20(16-32)18-34-27)19-37-23-6-8-24(9-7-23)38-25-5-4-21(17-33)26(15-25)28(29,30)31/h3-5,10,15,18,23-24H,1,6-9,11-14,19H2. The molecular weight excluding hydrogens is 495 g/mol. The number of nitriles is 2.